The van der Waals surface area contributed by atoms with Crippen molar-refractivity contribution in [3.8, 4) is 11.5 Å². The molecule has 4 rings (SSSR count). The lowest BCUT2D eigenvalue weighted by Crippen LogP contribution is -2.58. The summed E-state index contributed by atoms with van der Waals surface area (Å²) in [6, 6.07) is 7.71. The van der Waals surface area contributed by atoms with Gasteiger partial charge in [0.25, 0.3) is 0 Å². The molecule has 21 heavy (non-hydrogen) atoms. The largest absolute Gasteiger partial charge is 0.454 e. The van der Waals surface area contributed by atoms with Crippen LogP contribution in [0.4, 0.5) is 5.69 Å². The molecule has 0 aromatic heterocycles. The van der Waals surface area contributed by atoms with Gasteiger partial charge in [-0.1, -0.05) is 13.8 Å². The van der Waals surface area contributed by atoms with E-state index in [2.05, 4.69) is 41.8 Å². The normalized spacial score (nSPS) is 28.2. The average Bonchev–Trinajstić information content (AvgIpc) is 3.13. The Balaban J connectivity index is 1.64. The Hall–Kier alpha value is -1.42. The zero-order chi connectivity index (χ0) is 14.4. The average molecular weight is 288 g/mol. The molecule has 0 bridgehead atoms. The molecule has 114 valence electrons. The molecule has 1 aromatic rings. The maximum absolute atomic E-state index is 5.55. The predicted molar refractivity (Wildman–Crippen MR) is 83.1 cm³/mol. The fraction of sp³-hybridized carbons (Fsp3) is 0.647. The molecule has 2 saturated heterocycles. The van der Waals surface area contributed by atoms with Gasteiger partial charge in [0.05, 0.1) is 0 Å². The zero-order valence-corrected chi connectivity index (χ0v) is 12.9. The number of fused-ring (bicyclic) bond motifs is 2. The van der Waals surface area contributed by atoms with Gasteiger partial charge in [-0.3, -0.25) is 4.90 Å². The number of rotatable bonds is 2. The second-order valence-corrected chi connectivity index (χ2v) is 6.79. The van der Waals surface area contributed by atoms with Crippen LogP contribution in [0, 0.1) is 5.92 Å². The van der Waals surface area contributed by atoms with Gasteiger partial charge in [0.2, 0.25) is 6.79 Å². The summed E-state index contributed by atoms with van der Waals surface area (Å²) in [6.45, 7) is 8.63. The third-order valence-electron chi connectivity index (χ3n) is 5.19. The molecule has 2 atom stereocenters. The highest BCUT2D eigenvalue weighted by molar-refractivity contribution is 5.58. The van der Waals surface area contributed by atoms with Crippen molar-refractivity contribution in [2.24, 2.45) is 5.92 Å². The highest BCUT2D eigenvalue weighted by Gasteiger charge is 2.37. The number of nitrogens with zero attached hydrogens (tertiary/aromatic N) is 2. The summed E-state index contributed by atoms with van der Waals surface area (Å²) in [7, 11) is 0. The maximum Gasteiger partial charge on any atom is 0.231 e. The van der Waals surface area contributed by atoms with Crippen LogP contribution < -0.4 is 14.4 Å². The van der Waals surface area contributed by atoms with Crippen LogP contribution in [0.3, 0.4) is 0 Å². The number of hydrogen-bond donors (Lipinski definition) is 0. The summed E-state index contributed by atoms with van der Waals surface area (Å²) in [6.07, 6.45) is 2.69. The first-order valence-electron chi connectivity index (χ1n) is 8.13. The van der Waals surface area contributed by atoms with Crippen molar-refractivity contribution in [2.75, 3.05) is 31.3 Å². The molecule has 2 fully saturated rings. The van der Waals surface area contributed by atoms with Gasteiger partial charge in [0.1, 0.15) is 0 Å². The van der Waals surface area contributed by atoms with Crippen molar-refractivity contribution in [3.05, 3.63) is 18.2 Å². The Morgan fingerprint density at radius 1 is 1.14 bits per heavy atom. The minimum atomic E-state index is 0.350. The number of anilines is 1. The predicted octanol–water partition coefficient (Wildman–Crippen LogP) is 2.72. The van der Waals surface area contributed by atoms with Crippen molar-refractivity contribution in [1.82, 2.24) is 4.90 Å². The lowest BCUT2D eigenvalue weighted by atomic mass is 9.96. The van der Waals surface area contributed by atoms with Gasteiger partial charge in [0.15, 0.2) is 11.5 Å². The Labute approximate surface area is 126 Å². The van der Waals surface area contributed by atoms with Crippen molar-refractivity contribution in [2.45, 2.75) is 38.8 Å². The molecule has 4 heteroatoms. The molecule has 0 spiro atoms. The Bertz CT molecular complexity index is 532. The molecule has 3 aliphatic heterocycles. The molecule has 0 N–H and O–H groups in total. The van der Waals surface area contributed by atoms with Gasteiger partial charge in [-0.15, -0.1) is 0 Å². The first-order chi connectivity index (χ1) is 10.2. The Kier molecular flexibility index (Phi) is 3.21. The van der Waals surface area contributed by atoms with E-state index in [9.17, 15) is 0 Å². The maximum atomic E-state index is 5.55. The van der Waals surface area contributed by atoms with Gasteiger partial charge < -0.3 is 14.4 Å². The van der Waals surface area contributed by atoms with Crippen LogP contribution in [0.1, 0.15) is 26.7 Å². The molecule has 4 nitrogen and oxygen atoms in total. The number of piperazine rings is 1. The molecule has 0 radical (unpaired) electrons. The van der Waals surface area contributed by atoms with Gasteiger partial charge >= 0.3 is 0 Å². The molecular weight excluding hydrogens is 264 g/mol. The minimum Gasteiger partial charge on any atom is -0.454 e. The second-order valence-electron chi connectivity index (χ2n) is 6.79. The number of hydrogen-bond acceptors (Lipinski definition) is 4. The van der Waals surface area contributed by atoms with E-state index in [4.69, 9.17) is 9.47 Å². The molecule has 0 amide bonds. The highest BCUT2D eigenvalue weighted by atomic mass is 16.7. The minimum absolute atomic E-state index is 0.350. The van der Waals surface area contributed by atoms with Crippen LogP contribution in [0.5, 0.6) is 11.5 Å². The van der Waals surface area contributed by atoms with E-state index in [0.717, 1.165) is 24.1 Å². The summed E-state index contributed by atoms with van der Waals surface area (Å²) >= 11 is 0. The van der Waals surface area contributed by atoms with Gasteiger partial charge in [0, 0.05) is 36.9 Å². The monoisotopic (exact) mass is 288 g/mol. The van der Waals surface area contributed by atoms with Gasteiger partial charge in [-0.05, 0) is 37.4 Å². The van der Waals surface area contributed by atoms with E-state index in [-0.39, 0.29) is 0 Å². The standard InChI is InChI=1S/C17H24N2O2/c1-12(2)15-10-18-7-3-4-14(18)9-19(15)13-5-6-16-17(8-13)21-11-20-16/h5-6,8,12,14-15H,3-4,7,9-11H2,1-2H3. The molecule has 2 unspecified atom stereocenters. The highest BCUT2D eigenvalue weighted by Crippen LogP contribution is 2.38. The van der Waals surface area contributed by atoms with Crippen molar-refractivity contribution >= 4 is 5.69 Å². The van der Waals surface area contributed by atoms with Gasteiger partial charge in [-0.2, -0.15) is 0 Å². The van der Waals surface area contributed by atoms with Crippen LogP contribution in [0.2, 0.25) is 0 Å². The lowest BCUT2D eigenvalue weighted by molar-refractivity contribution is 0.173. The topological polar surface area (TPSA) is 24.9 Å². The van der Waals surface area contributed by atoms with Crippen LogP contribution in [-0.2, 0) is 0 Å². The van der Waals surface area contributed by atoms with E-state index in [1.807, 2.05) is 0 Å². The van der Waals surface area contributed by atoms with E-state index < -0.39 is 0 Å². The summed E-state index contributed by atoms with van der Waals surface area (Å²) in [4.78, 5) is 5.28. The first-order valence-corrected chi connectivity index (χ1v) is 8.13. The van der Waals surface area contributed by atoms with Crippen LogP contribution in [0.15, 0.2) is 18.2 Å². The number of benzene rings is 1. The summed E-state index contributed by atoms with van der Waals surface area (Å²) < 4.78 is 11.0. The van der Waals surface area contributed by atoms with Crippen LogP contribution in [-0.4, -0.2) is 43.4 Å². The fourth-order valence-electron chi connectivity index (χ4n) is 3.98. The smallest absolute Gasteiger partial charge is 0.231 e. The van der Waals surface area contributed by atoms with Crippen molar-refractivity contribution < 1.29 is 9.47 Å². The van der Waals surface area contributed by atoms with Crippen LogP contribution in [0.25, 0.3) is 0 Å². The van der Waals surface area contributed by atoms with Crippen LogP contribution >= 0.6 is 0 Å². The summed E-state index contributed by atoms with van der Waals surface area (Å²) in [5.41, 5.74) is 1.28. The van der Waals surface area contributed by atoms with E-state index in [1.165, 1.54) is 31.6 Å². The third-order valence-corrected chi connectivity index (χ3v) is 5.19. The molecule has 0 saturated carbocycles. The first kappa shape index (κ1) is 13.3. The molecular formula is C17H24N2O2. The number of ether oxygens (including phenoxy) is 2. The zero-order valence-electron chi connectivity index (χ0n) is 12.9. The van der Waals surface area contributed by atoms with E-state index in [0.29, 0.717) is 18.8 Å². The third kappa shape index (κ3) is 2.26. The van der Waals surface area contributed by atoms with Crippen molar-refractivity contribution in [3.63, 3.8) is 0 Å². The lowest BCUT2D eigenvalue weighted by Gasteiger charge is -2.46. The second kappa shape index (κ2) is 5.09. The molecule has 0 aliphatic carbocycles. The van der Waals surface area contributed by atoms with E-state index in [1.54, 1.807) is 0 Å². The van der Waals surface area contributed by atoms with Crippen molar-refractivity contribution in [1.29, 1.82) is 0 Å². The molecule has 3 aliphatic rings. The summed E-state index contributed by atoms with van der Waals surface area (Å²) in [5, 5.41) is 0. The summed E-state index contributed by atoms with van der Waals surface area (Å²) in [5.74, 6) is 2.42. The SMILES string of the molecule is CC(C)C1CN2CCCC2CN1c1ccc2c(c1)OCO2. The Morgan fingerprint density at radius 3 is 2.86 bits per heavy atom. The fourth-order valence-corrected chi connectivity index (χ4v) is 3.98. The van der Waals surface area contributed by atoms with Gasteiger partial charge in [-0.25, -0.2) is 0 Å². The molecule has 1 aromatic carbocycles. The molecule has 3 heterocycles. The Morgan fingerprint density at radius 2 is 2.00 bits per heavy atom. The quantitative estimate of drug-likeness (QED) is 0.835. The van der Waals surface area contributed by atoms with E-state index >= 15 is 0 Å².